The van der Waals surface area contributed by atoms with E-state index in [9.17, 15) is 0 Å². The van der Waals surface area contributed by atoms with Gasteiger partial charge in [-0.05, 0) is 13.0 Å². The molecule has 3 N–H and O–H groups in total. The van der Waals surface area contributed by atoms with Crippen molar-refractivity contribution in [2.75, 3.05) is 13.2 Å². The van der Waals surface area contributed by atoms with Crippen molar-refractivity contribution < 1.29 is 4.74 Å². The molecule has 16 heavy (non-hydrogen) atoms. The van der Waals surface area contributed by atoms with Gasteiger partial charge < -0.3 is 15.5 Å². The van der Waals surface area contributed by atoms with E-state index in [1.807, 2.05) is 6.07 Å². The average Bonchev–Trinajstić information content (AvgIpc) is 2.84. The lowest BCUT2D eigenvalue weighted by molar-refractivity contribution is 0.178. The summed E-state index contributed by atoms with van der Waals surface area (Å²) in [4.78, 5) is 11.9. The van der Waals surface area contributed by atoms with Gasteiger partial charge in [-0.3, -0.25) is 4.98 Å². The number of aromatic amines is 1. The van der Waals surface area contributed by atoms with Gasteiger partial charge in [-0.2, -0.15) is 0 Å². The molecule has 0 amide bonds. The van der Waals surface area contributed by atoms with Gasteiger partial charge in [-0.1, -0.05) is 0 Å². The Morgan fingerprint density at radius 2 is 2.50 bits per heavy atom. The SMILES string of the molecule is CC1(c2nc3ccncc3[nH]2)COCC1N. The number of nitrogens with two attached hydrogens (primary N) is 1. The van der Waals surface area contributed by atoms with Gasteiger partial charge in [0.1, 0.15) is 5.82 Å². The van der Waals surface area contributed by atoms with Crippen LogP contribution in [0, 0.1) is 0 Å². The molecule has 0 aromatic carbocycles. The second kappa shape index (κ2) is 3.26. The van der Waals surface area contributed by atoms with Crippen molar-refractivity contribution in [1.82, 2.24) is 15.0 Å². The number of nitrogens with zero attached hydrogens (tertiary/aromatic N) is 2. The lowest BCUT2D eigenvalue weighted by Crippen LogP contribution is -2.42. The van der Waals surface area contributed by atoms with Crippen LogP contribution in [0.5, 0.6) is 0 Å². The van der Waals surface area contributed by atoms with Gasteiger partial charge in [0.05, 0.1) is 35.9 Å². The lowest BCUT2D eigenvalue weighted by Gasteiger charge is -2.23. The first-order chi connectivity index (χ1) is 7.70. The number of aromatic nitrogens is 3. The van der Waals surface area contributed by atoms with Crippen LogP contribution < -0.4 is 5.73 Å². The summed E-state index contributed by atoms with van der Waals surface area (Å²) in [7, 11) is 0. The largest absolute Gasteiger partial charge is 0.379 e. The average molecular weight is 218 g/mol. The first-order valence-corrected chi connectivity index (χ1v) is 5.34. The predicted octanol–water partition coefficient (Wildman–Crippen LogP) is 0.573. The molecule has 0 saturated carbocycles. The third-order valence-electron chi connectivity index (χ3n) is 3.34. The second-order valence-electron chi connectivity index (χ2n) is 4.52. The standard InChI is InChI=1S/C11H14N4O/c1-11(6-16-5-9(11)12)10-14-7-2-3-13-4-8(7)15-10/h2-4,9H,5-6,12H2,1H3,(H,14,15). The predicted molar refractivity (Wildman–Crippen MR) is 60.0 cm³/mol. The van der Waals surface area contributed by atoms with Crippen molar-refractivity contribution >= 4 is 11.0 Å². The molecule has 3 heterocycles. The molecule has 5 nitrogen and oxygen atoms in total. The molecule has 0 spiro atoms. The Balaban J connectivity index is 2.12. The minimum atomic E-state index is -0.223. The summed E-state index contributed by atoms with van der Waals surface area (Å²) in [5, 5.41) is 0. The van der Waals surface area contributed by atoms with E-state index in [0.29, 0.717) is 13.2 Å². The molecule has 5 heteroatoms. The minimum absolute atomic E-state index is 0.0129. The number of pyridine rings is 1. The summed E-state index contributed by atoms with van der Waals surface area (Å²) in [5.74, 6) is 0.889. The molecule has 84 valence electrons. The van der Waals surface area contributed by atoms with Crippen molar-refractivity contribution in [3.8, 4) is 0 Å². The number of rotatable bonds is 1. The Kier molecular flexibility index (Phi) is 1.99. The number of H-pyrrole nitrogens is 1. The van der Waals surface area contributed by atoms with Crippen molar-refractivity contribution in [3.63, 3.8) is 0 Å². The normalized spacial score (nSPS) is 30.0. The van der Waals surface area contributed by atoms with E-state index in [2.05, 4.69) is 21.9 Å². The zero-order chi connectivity index (χ0) is 11.2. The van der Waals surface area contributed by atoms with Crippen LogP contribution in [-0.4, -0.2) is 34.2 Å². The van der Waals surface area contributed by atoms with Crippen LogP contribution in [-0.2, 0) is 10.2 Å². The second-order valence-corrected chi connectivity index (χ2v) is 4.52. The van der Waals surface area contributed by atoms with Gasteiger partial charge in [0.15, 0.2) is 0 Å². The Morgan fingerprint density at radius 1 is 1.62 bits per heavy atom. The van der Waals surface area contributed by atoms with E-state index < -0.39 is 0 Å². The highest BCUT2D eigenvalue weighted by Crippen LogP contribution is 2.30. The molecule has 2 atom stereocenters. The molecule has 2 aromatic heterocycles. The molecule has 3 rings (SSSR count). The highest BCUT2D eigenvalue weighted by Gasteiger charge is 2.41. The third-order valence-corrected chi connectivity index (χ3v) is 3.34. The van der Waals surface area contributed by atoms with Gasteiger partial charge in [0, 0.05) is 12.2 Å². The summed E-state index contributed by atoms with van der Waals surface area (Å²) >= 11 is 0. The quantitative estimate of drug-likeness (QED) is 0.733. The maximum Gasteiger partial charge on any atom is 0.117 e. The van der Waals surface area contributed by atoms with Crippen LogP contribution >= 0.6 is 0 Å². The monoisotopic (exact) mass is 218 g/mol. The lowest BCUT2D eigenvalue weighted by atomic mass is 9.85. The van der Waals surface area contributed by atoms with Crippen LogP contribution in [0.25, 0.3) is 11.0 Å². The van der Waals surface area contributed by atoms with Crippen molar-refractivity contribution in [3.05, 3.63) is 24.3 Å². The maximum absolute atomic E-state index is 6.07. The fraction of sp³-hybridized carbons (Fsp3) is 0.455. The van der Waals surface area contributed by atoms with E-state index in [-0.39, 0.29) is 11.5 Å². The zero-order valence-corrected chi connectivity index (χ0v) is 9.10. The number of hydrogen-bond donors (Lipinski definition) is 2. The van der Waals surface area contributed by atoms with Crippen LogP contribution in [0.3, 0.4) is 0 Å². The molecule has 2 unspecified atom stereocenters. The third kappa shape index (κ3) is 1.25. The number of fused-ring (bicyclic) bond motifs is 1. The smallest absolute Gasteiger partial charge is 0.117 e. The first-order valence-electron chi connectivity index (χ1n) is 5.34. The Morgan fingerprint density at radius 3 is 3.19 bits per heavy atom. The fourth-order valence-corrected chi connectivity index (χ4v) is 2.06. The summed E-state index contributed by atoms with van der Waals surface area (Å²) < 4.78 is 5.42. The summed E-state index contributed by atoms with van der Waals surface area (Å²) in [5.41, 5.74) is 7.71. The fourth-order valence-electron chi connectivity index (χ4n) is 2.06. The highest BCUT2D eigenvalue weighted by molar-refractivity contribution is 5.73. The van der Waals surface area contributed by atoms with Crippen molar-refractivity contribution in [1.29, 1.82) is 0 Å². The molecule has 1 aliphatic heterocycles. The molecule has 0 aliphatic carbocycles. The number of imidazole rings is 1. The molecule has 2 aromatic rings. The molecule has 0 bridgehead atoms. The maximum atomic E-state index is 6.07. The summed E-state index contributed by atoms with van der Waals surface area (Å²) in [6.45, 7) is 3.28. The Bertz CT molecular complexity index is 490. The number of ether oxygens (including phenoxy) is 1. The first kappa shape index (κ1) is 9.74. The summed E-state index contributed by atoms with van der Waals surface area (Å²) in [6.07, 6.45) is 3.51. The van der Waals surface area contributed by atoms with Gasteiger partial charge in [-0.25, -0.2) is 4.98 Å². The number of nitrogens with one attached hydrogen (secondary N) is 1. The van der Waals surface area contributed by atoms with Crippen molar-refractivity contribution in [2.45, 2.75) is 18.4 Å². The zero-order valence-electron chi connectivity index (χ0n) is 9.10. The molecule has 0 radical (unpaired) electrons. The van der Waals surface area contributed by atoms with Gasteiger partial charge in [0.2, 0.25) is 0 Å². The molecular formula is C11H14N4O. The Hall–Kier alpha value is -1.46. The van der Waals surface area contributed by atoms with E-state index >= 15 is 0 Å². The van der Waals surface area contributed by atoms with Crippen molar-refractivity contribution in [2.24, 2.45) is 5.73 Å². The van der Waals surface area contributed by atoms with Crippen LogP contribution in [0.4, 0.5) is 0 Å². The molecular weight excluding hydrogens is 204 g/mol. The topological polar surface area (TPSA) is 76.8 Å². The summed E-state index contributed by atoms with van der Waals surface area (Å²) in [6, 6.07) is 1.88. The van der Waals surface area contributed by atoms with Crippen LogP contribution in [0.2, 0.25) is 0 Å². The van der Waals surface area contributed by atoms with Crippen LogP contribution in [0.1, 0.15) is 12.7 Å². The molecule has 1 aliphatic rings. The van der Waals surface area contributed by atoms with E-state index in [0.717, 1.165) is 16.9 Å². The minimum Gasteiger partial charge on any atom is -0.379 e. The Labute approximate surface area is 93.0 Å². The highest BCUT2D eigenvalue weighted by atomic mass is 16.5. The van der Waals surface area contributed by atoms with E-state index in [4.69, 9.17) is 10.5 Å². The van der Waals surface area contributed by atoms with E-state index in [1.54, 1.807) is 12.4 Å². The molecule has 1 fully saturated rings. The van der Waals surface area contributed by atoms with Gasteiger partial charge in [-0.15, -0.1) is 0 Å². The molecule has 1 saturated heterocycles. The van der Waals surface area contributed by atoms with Gasteiger partial charge in [0.25, 0.3) is 0 Å². The number of hydrogen-bond acceptors (Lipinski definition) is 4. The van der Waals surface area contributed by atoms with Crippen LogP contribution in [0.15, 0.2) is 18.5 Å². The van der Waals surface area contributed by atoms with E-state index in [1.165, 1.54) is 0 Å². The van der Waals surface area contributed by atoms with Gasteiger partial charge >= 0.3 is 0 Å².